The molecule has 1 saturated heterocycles. The summed E-state index contributed by atoms with van der Waals surface area (Å²) in [5.41, 5.74) is 0. The number of thioether (sulfide) groups is 1. The van der Waals surface area contributed by atoms with Crippen LogP contribution in [0.3, 0.4) is 0 Å². The van der Waals surface area contributed by atoms with Crippen LogP contribution in [0.2, 0.25) is 0 Å². The molecule has 0 spiro atoms. The number of H-pyrrole nitrogens is 1. The molecule has 4 atom stereocenters. The van der Waals surface area contributed by atoms with Gasteiger partial charge < -0.3 is 14.5 Å². The summed E-state index contributed by atoms with van der Waals surface area (Å²) in [4.78, 5) is 21.3. The van der Waals surface area contributed by atoms with Gasteiger partial charge in [-0.05, 0) is 64.5 Å². The number of aromatic nitrogens is 3. The highest BCUT2D eigenvalue weighted by Crippen LogP contribution is 2.40. The molecule has 8 heteroatoms. The Morgan fingerprint density at radius 1 is 1.30 bits per heavy atom. The van der Waals surface area contributed by atoms with Crippen LogP contribution in [0.4, 0.5) is 0 Å². The van der Waals surface area contributed by atoms with Crippen LogP contribution in [-0.4, -0.2) is 82.6 Å². The minimum Gasteiger partial charge on any atom is -0.376 e. The van der Waals surface area contributed by atoms with Crippen molar-refractivity contribution >= 4 is 17.7 Å². The lowest BCUT2D eigenvalue weighted by Crippen LogP contribution is -2.48. The number of aromatic amines is 1. The van der Waals surface area contributed by atoms with Gasteiger partial charge in [0.2, 0.25) is 11.1 Å². The number of hydrogen-bond donors (Lipinski definition) is 1. The van der Waals surface area contributed by atoms with Crippen LogP contribution in [0.25, 0.3) is 0 Å². The van der Waals surface area contributed by atoms with Gasteiger partial charge in [-0.25, -0.2) is 4.98 Å². The Hall–Kier alpha value is -1.12. The number of hydrogen-bond acceptors (Lipinski definition) is 6. The molecule has 4 rings (SSSR count). The number of likely N-dealkylation sites (tertiary alicyclic amines) is 1. The highest BCUT2D eigenvalue weighted by molar-refractivity contribution is 7.99. The topological polar surface area (TPSA) is 74.3 Å². The van der Waals surface area contributed by atoms with Gasteiger partial charge in [-0.15, -0.1) is 5.10 Å². The predicted octanol–water partition coefficient (Wildman–Crippen LogP) is 1.80. The van der Waals surface area contributed by atoms with E-state index in [9.17, 15) is 4.79 Å². The molecule has 0 radical (unpaired) electrons. The Morgan fingerprint density at radius 2 is 2.04 bits per heavy atom. The SMILES string of the molecule is Cc1nc(SCC(=O)N2C[C@H]3C[C@@H](N(C)C)[C@H](OCC4CC4)C[C@H]3C2)n[nH]1. The molecule has 1 aromatic heterocycles. The number of carbonyl (C=O) groups is 1. The third-order valence-electron chi connectivity index (χ3n) is 6.25. The summed E-state index contributed by atoms with van der Waals surface area (Å²) in [6.07, 6.45) is 5.18. The average Bonchev–Trinajstić information content (AvgIpc) is 3.23. The van der Waals surface area contributed by atoms with Crippen molar-refractivity contribution in [2.45, 2.75) is 49.9 Å². The van der Waals surface area contributed by atoms with E-state index in [1.165, 1.54) is 24.6 Å². The Bertz CT molecular complexity index is 662. The first kappa shape index (κ1) is 19.2. The maximum Gasteiger partial charge on any atom is 0.233 e. The van der Waals surface area contributed by atoms with Crippen LogP contribution < -0.4 is 0 Å². The summed E-state index contributed by atoms with van der Waals surface area (Å²) in [5.74, 6) is 3.36. The van der Waals surface area contributed by atoms with Gasteiger partial charge in [0.25, 0.3) is 0 Å². The molecule has 27 heavy (non-hydrogen) atoms. The van der Waals surface area contributed by atoms with E-state index in [-0.39, 0.29) is 5.91 Å². The van der Waals surface area contributed by atoms with Crippen LogP contribution in [0.1, 0.15) is 31.5 Å². The van der Waals surface area contributed by atoms with E-state index in [4.69, 9.17) is 4.74 Å². The summed E-state index contributed by atoms with van der Waals surface area (Å²) >= 11 is 1.42. The van der Waals surface area contributed by atoms with Gasteiger partial charge in [-0.2, -0.15) is 0 Å². The maximum absolute atomic E-state index is 12.7. The Labute approximate surface area is 165 Å². The largest absolute Gasteiger partial charge is 0.376 e. The lowest BCUT2D eigenvalue weighted by atomic mass is 9.77. The van der Waals surface area contributed by atoms with Gasteiger partial charge in [0.15, 0.2) is 0 Å². The van der Waals surface area contributed by atoms with E-state index < -0.39 is 0 Å². The zero-order chi connectivity index (χ0) is 19.0. The number of fused-ring (bicyclic) bond motifs is 1. The summed E-state index contributed by atoms with van der Waals surface area (Å²) in [5, 5.41) is 7.57. The first-order chi connectivity index (χ1) is 13.0. The fourth-order valence-electron chi connectivity index (χ4n) is 4.46. The van der Waals surface area contributed by atoms with Gasteiger partial charge in [0.05, 0.1) is 11.9 Å². The number of carbonyl (C=O) groups excluding carboxylic acids is 1. The Morgan fingerprint density at radius 3 is 2.67 bits per heavy atom. The van der Waals surface area contributed by atoms with Crippen molar-refractivity contribution in [3.63, 3.8) is 0 Å². The van der Waals surface area contributed by atoms with Crippen molar-refractivity contribution in [1.29, 1.82) is 0 Å². The zero-order valence-corrected chi connectivity index (χ0v) is 17.4. The molecule has 1 aliphatic heterocycles. The number of likely N-dealkylation sites (N-methyl/N-ethyl adjacent to an activating group) is 1. The first-order valence-electron chi connectivity index (χ1n) is 10.1. The molecule has 0 unspecified atom stereocenters. The lowest BCUT2D eigenvalue weighted by Gasteiger charge is -2.41. The van der Waals surface area contributed by atoms with Gasteiger partial charge in [0.1, 0.15) is 5.82 Å². The second kappa shape index (κ2) is 8.09. The molecule has 3 fully saturated rings. The van der Waals surface area contributed by atoms with E-state index in [0.717, 1.165) is 44.3 Å². The van der Waals surface area contributed by atoms with Crippen LogP contribution in [0.5, 0.6) is 0 Å². The highest BCUT2D eigenvalue weighted by atomic mass is 32.2. The number of rotatable bonds is 7. The summed E-state index contributed by atoms with van der Waals surface area (Å²) in [7, 11) is 4.32. The predicted molar refractivity (Wildman–Crippen MR) is 105 cm³/mol. The first-order valence-corrected chi connectivity index (χ1v) is 11.1. The molecule has 2 aliphatic carbocycles. The minimum atomic E-state index is 0.203. The third-order valence-corrected chi connectivity index (χ3v) is 7.08. The molecule has 2 saturated carbocycles. The lowest BCUT2D eigenvalue weighted by molar-refractivity contribution is -0.127. The van der Waals surface area contributed by atoms with Crippen LogP contribution in [0.15, 0.2) is 5.16 Å². The van der Waals surface area contributed by atoms with E-state index in [1.807, 2.05) is 6.92 Å². The Balaban J connectivity index is 1.31. The quantitative estimate of drug-likeness (QED) is 0.712. The highest BCUT2D eigenvalue weighted by Gasteiger charge is 2.44. The van der Waals surface area contributed by atoms with E-state index >= 15 is 0 Å². The zero-order valence-electron chi connectivity index (χ0n) is 16.6. The van der Waals surface area contributed by atoms with Crippen molar-refractivity contribution in [1.82, 2.24) is 25.0 Å². The van der Waals surface area contributed by atoms with E-state index in [1.54, 1.807) is 0 Å². The number of aryl methyl sites for hydroxylation is 1. The summed E-state index contributed by atoms with van der Waals surface area (Å²) in [6, 6.07) is 0.464. The normalized spacial score (nSPS) is 30.7. The van der Waals surface area contributed by atoms with Crippen LogP contribution in [0, 0.1) is 24.7 Å². The fraction of sp³-hybridized carbons (Fsp3) is 0.842. The number of ether oxygens (including phenoxy) is 1. The number of nitrogens with zero attached hydrogens (tertiary/aromatic N) is 4. The summed E-state index contributed by atoms with van der Waals surface area (Å²) in [6.45, 7) is 4.55. The second-order valence-corrected chi connectivity index (χ2v) is 9.57. The molecule has 0 bridgehead atoms. The third kappa shape index (κ3) is 4.66. The van der Waals surface area contributed by atoms with E-state index in [0.29, 0.717) is 34.9 Å². The van der Waals surface area contributed by atoms with Gasteiger partial charge in [0, 0.05) is 25.7 Å². The monoisotopic (exact) mass is 393 g/mol. The van der Waals surface area contributed by atoms with E-state index in [2.05, 4.69) is 39.1 Å². The molecule has 150 valence electrons. The smallest absolute Gasteiger partial charge is 0.233 e. The van der Waals surface area contributed by atoms with Crippen molar-refractivity contribution in [3.05, 3.63) is 5.82 Å². The molecule has 1 amide bonds. The average molecular weight is 394 g/mol. The molecule has 7 nitrogen and oxygen atoms in total. The molecular weight excluding hydrogens is 362 g/mol. The maximum atomic E-state index is 12.7. The molecule has 1 N–H and O–H groups in total. The molecule has 3 aliphatic rings. The molecule has 2 heterocycles. The van der Waals surface area contributed by atoms with Crippen molar-refractivity contribution < 1.29 is 9.53 Å². The second-order valence-electron chi connectivity index (χ2n) is 8.63. The van der Waals surface area contributed by atoms with Crippen molar-refractivity contribution in [2.24, 2.45) is 17.8 Å². The van der Waals surface area contributed by atoms with Gasteiger partial charge >= 0.3 is 0 Å². The summed E-state index contributed by atoms with van der Waals surface area (Å²) < 4.78 is 6.32. The minimum absolute atomic E-state index is 0.203. The molecule has 1 aromatic rings. The van der Waals surface area contributed by atoms with Gasteiger partial charge in [-0.3, -0.25) is 9.89 Å². The standard InChI is InChI=1S/C19H31N5O2S/c1-12-20-19(22-21-12)27-11-18(25)24-8-14-6-16(23(2)3)17(7-15(14)9-24)26-10-13-4-5-13/h13-17H,4-11H2,1-3H3,(H,20,21,22)/t14-,15+,16-,17-/m1/s1. The van der Waals surface area contributed by atoms with Crippen molar-refractivity contribution in [3.8, 4) is 0 Å². The van der Waals surface area contributed by atoms with Crippen LogP contribution in [-0.2, 0) is 9.53 Å². The molecular formula is C19H31N5O2S. The number of amides is 1. The Kier molecular flexibility index (Phi) is 5.75. The van der Waals surface area contributed by atoms with Crippen molar-refractivity contribution in [2.75, 3.05) is 39.5 Å². The van der Waals surface area contributed by atoms with Gasteiger partial charge in [-0.1, -0.05) is 11.8 Å². The molecule has 0 aromatic carbocycles. The van der Waals surface area contributed by atoms with Crippen LogP contribution >= 0.6 is 11.8 Å². The number of nitrogens with one attached hydrogen (secondary N) is 1. The fourth-order valence-corrected chi connectivity index (χ4v) is 5.21.